The van der Waals surface area contributed by atoms with E-state index in [9.17, 15) is 18.0 Å². The first-order valence-corrected chi connectivity index (χ1v) is 8.08. The Bertz CT molecular complexity index is 753. The highest BCUT2D eigenvalue weighted by atomic mass is 19.4. The Kier molecular flexibility index (Phi) is 5.01. The van der Waals surface area contributed by atoms with E-state index in [-0.39, 0.29) is 29.2 Å². The molecule has 0 spiro atoms. The average molecular weight is 370 g/mol. The van der Waals surface area contributed by atoms with Crippen molar-refractivity contribution in [1.82, 2.24) is 15.4 Å². The first kappa shape index (κ1) is 18.0. The molecular weight excluding hydrogens is 353 g/mol. The molecule has 3 N–H and O–H groups in total. The summed E-state index contributed by atoms with van der Waals surface area (Å²) in [6, 6.07) is 6.02. The number of hydrogen-bond donors (Lipinski definition) is 3. The Hall–Kier alpha value is -2.78. The number of aromatic carboxylic acids is 1. The number of nitrogens with one attached hydrogen (secondary N) is 2. The molecule has 1 aliphatic rings. The molecule has 0 unspecified atom stereocenters. The van der Waals surface area contributed by atoms with E-state index < -0.39 is 12.3 Å². The second-order valence-electron chi connectivity index (χ2n) is 6.15. The van der Waals surface area contributed by atoms with Crippen LogP contribution in [0.4, 0.5) is 19.0 Å². The van der Waals surface area contributed by atoms with Crippen LogP contribution in [-0.4, -0.2) is 38.9 Å². The molecule has 140 valence electrons. The van der Waals surface area contributed by atoms with Crippen molar-refractivity contribution in [3.05, 3.63) is 35.5 Å². The lowest BCUT2D eigenvalue weighted by Crippen LogP contribution is -2.26. The number of hydrogen-bond acceptors (Lipinski definition) is 5. The van der Waals surface area contributed by atoms with Crippen molar-refractivity contribution in [3.63, 3.8) is 0 Å². The highest BCUT2D eigenvalue weighted by Gasteiger charge is 2.31. The van der Waals surface area contributed by atoms with Crippen LogP contribution in [0.2, 0.25) is 0 Å². The van der Waals surface area contributed by atoms with Gasteiger partial charge in [0.1, 0.15) is 5.75 Å². The number of rotatable bonds is 5. The van der Waals surface area contributed by atoms with E-state index in [1.54, 1.807) is 12.1 Å². The number of benzene rings is 1. The fraction of sp³-hybridized carbons (Fsp3) is 0.438. The van der Waals surface area contributed by atoms with Crippen LogP contribution >= 0.6 is 0 Å². The zero-order valence-corrected chi connectivity index (χ0v) is 13.6. The van der Waals surface area contributed by atoms with E-state index in [1.165, 1.54) is 12.1 Å². The van der Waals surface area contributed by atoms with E-state index in [1.807, 2.05) is 0 Å². The van der Waals surface area contributed by atoms with Crippen molar-refractivity contribution >= 4 is 11.8 Å². The maximum Gasteiger partial charge on any atom is 0.573 e. The van der Waals surface area contributed by atoms with Gasteiger partial charge in [-0.3, -0.25) is 0 Å². The van der Waals surface area contributed by atoms with Gasteiger partial charge in [0.25, 0.3) is 0 Å². The van der Waals surface area contributed by atoms with Crippen LogP contribution in [0.3, 0.4) is 0 Å². The van der Waals surface area contributed by atoms with Gasteiger partial charge >= 0.3 is 12.3 Å². The van der Waals surface area contributed by atoms with Gasteiger partial charge in [-0.25, -0.2) is 9.89 Å². The molecule has 1 heterocycles. The van der Waals surface area contributed by atoms with Crippen LogP contribution in [-0.2, 0) is 0 Å². The number of nitrogens with zero attached hydrogens (tertiary/aromatic N) is 2. The zero-order valence-electron chi connectivity index (χ0n) is 13.6. The maximum atomic E-state index is 12.2. The molecule has 0 amide bonds. The summed E-state index contributed by atoms with van der Waals surface area (Å²) in [4.78, 5) is 11.0. The highest BCUT2D eigenvalue weighted by molar-refractivity contribution is 5.90. The predicted octanol–water partition coefficient (Wildman–Crippen LogP) is 3.54. The Morgan fingerprint density at radius 2 is 1.85 bits per heavy atom. The Labute approximate surface area is 146 Å². The Morgan fingerprint density at radius 1 is 1.19 bits per heavy atom. The van der Waals surface area contributed by atoms with Gasteiger partial charge in [0.15, 0.2) is 11.5 Å². The minimum absolute atomic E-state index is 0.0716. The predicted molar refractivity (Wildman–Crippen MR) is 85.1 cm³/mol. The van der Waals surface area contributed by atoms with Crippen LogP contribution in [0.1, 0.15) is 47.7 Å². The molecule has 1 aromatic carbocycles. The third-order valence-electron chi connectivity index (χ3n) is 4.42. The van der Waals surface area contributed by atoms with Crippen molar-refractivity contribution in [1.29, 1.82) is 0 Å². The van der Waals surface area contributed by atoms with Gasteiger partial charge < -0.3 is 15.2 Å². The first-order chi connectivity index (χ1) is 12.3. The van der Waals surface area contributed by atoms with Crippen LogP contribution in [0.5, 0.6) is 5.75 Å². The number of aromatic amines is 1. The Morgan fingerprint density at radius 3 is 2.42 bits per heavy atom. The number of H-pyrrole nitrogens is 1. The minimum Gasteiger partial charge on any atom is -0.476 e. The maximum absolute atomic E-state index is 12.2. The van der Waals surface area contributed by atoms with Gasteiger partial charge in [-0.1, -0.05) is 17.3 Å². The number of alkyl halides is 3. The average Bonchev–Trinajstić information content (AvgIpc) is 3.03. The number of carbonyl (C=O) groups is 1. The minimum atomic E-state index is -4.69. The summed E-state index contributed by atoms with van der Waals surface area (Å²) < 4.78 is 40.5. The smallest absolute Gasteiger partial charge is 0.476 e. The van der Waals surface area contributed by atoms with Gasteiger partial charge in [-0.2, -0.15) is 0 Å². The number of halogens is 3. The lowest BCUT2D eigenvalue weighted by Gasteiger charge is -2.29. The Balaban J connectivity index is 1.55. The van der Waals surface area contributed by atoms with Crippen LogP contribution < -0.4 is 10.1 Å². The second-order valence-corrected chi connectivity index (χ2v) is 6.15. The molecule has 1 saturated carbocycles. The lowest BCUT2D eigenvalue weighted by molar-refractivity contribution is -0.274. The third kappa shape index (κ3) is 4.44. The fourth-order valence-electron chi connectivity index (χ4n) is 3.18. The van der Waals surface area contributed by atoms with Crippen LogP contribution in [0.15, 0.2) is 24.3 Å². The first-order valence-electron chi connectivity index (χ1n) is 8.08. The highest BCUT2D eigenvalue weighted by Crippen LogP contribution is 2.35. The van der Waals surface area contributed by atoms with Crippen molar-refractivity contribution in [3.8, 4) is 5.75 Å². The summed E-state index contributed by atoms with van der Waals surface area (Å²) >= 11 is 0. The number of ether oxygens (including phenoxy) is 1. The monoisotopic (exact) mass is 370 g/mol. The van der Waals surface area contributed by atoms with Gasteiger partial charge in [0.05, 0.1) is 0 Å². The molecule has 0 saturated heterocycles. The van der Waals surface area contributed by atoms with Crippen molar-refractivity contribution in [2.24, 2.45) is 0 Å². The van der Waals surface area contributed by atoms with E-state index in [0.29, 0.717) is 0 Å². The summed E-state index contributed by atoms with van der Waals surface area (Å²) in [7, 11) is 0. The largest absolute Gasteiger partial charge is 0.573 e. The van der Waals surface area contributed by atoms with Crippen LogP contribution in [0.25, 0.3) is 0 Å². The molecule has 3 rings (SSSR count). The van der Waals surface area contributed by atoms with E-state index in [4.69, 9.17) is 5.11 Å². The number of carboxylic acid groups (broad SMARTS) is 1. The molecule has 1 aromatic heterocycles. The van der Waals surface area contributed by atoms with Gasteiger partial charge in [0, 0.05) is 6.04 Å². The SMILES string of the molecule is O=C(O)c1[nH]nnc1N[C@H]1CC[C@H](c2ccc(OC(F)(F)F)cc2)CC1. The van der Waals surface area contributed by atoms with Gasteiger partial charge in [-0.05, 0) is 49.3 Å². The quantitative estimate of drug-likeness (QED) is 0.744. The summed E-state index contributed by atoms with van der Waals surface area (Å²) in [6.07, 6.45) is -1.45. The van der Waals surface area contributed by atoms with Crippen molar-refractivity contribution < 1.29 is 27.8 Å². The van der Waals surface area contributed by atoms with Crippen molar-refractivity contribution in [2.75, 3.05) is 5.32 Å². The molecule has 1 fully saturated rings. The summed E-state index contributed by atoms with van der Waals surface area (Å²) in [5, 5.41) is 21.7. The van der Waals surface area contributed by atoms with E-state index >= 15 is 0 Å². The third-order valence-corrected chi connectivity index (χ3v) is 4.42. The molecule has 1 aliphatic carbocycles. The fourth-order valence-corrected chi connectivity index (χ4v) is 3.18. The number of aromatic nitrogens is 3. The lowest BCUT2D eigenvalue weighted by atomic mass is 9.82. The molecule has 0 aliphatic heterocycles. The molecule has 0 bridgehead atoms. The zero-order chi connectivity index (χ0) is 18.7. The molecule has 7 nitrogen and oxygen atoms in total. The molecule has 0 atom stereocenters. The summed E-state index contributed by atoms with van der Waals surface area (Å²) in [5.74, 6) is -0.907. The topological polar surface area (TPSA) is 100 Å². The van der Waals surface area contributed by atoms with Crippen LogP contribution in [0, 0.1) is 0 Å². The molecular formula is C16H17F3N4O3. The molecule has 2 aromatic rings. The molecule has 26 heavy (non-hydrogen) atoms. The number of anilines is 1. The van der Waals surface area contributed by atoms with Gasteiger partial charge in [-0.15, -0.1) is 18.3 Å². The second kappa shape index (κ2) is 7.22. The molecule has 0 radical (unpaired) electrons. The normalized spacial score (nSPS) is 20.6. The van der Waals surface area contributed by atoms with E-state index in [0.717, 1.165) is 31.2 Å². The van der Waals surface area contributed by atoms with E-state index in [2.05, 4.69) is 25.5 Å². The van der Waals surface area contributed by atoms with Crippen molar-refractivity contribution in [2.45, 2.75) is 44.0 Å². The molecule has 10 heteroatoms. The summed E-state index contributed by atoms with van der Waals surface area (Å²) in [6.45, 7) is 0. The number of carboxylic acids is 1. The van der Waals surface area contributed by atoms with Gasteiger partial charge in [0.2, 0.25) is 0 Å². The summed E-state index contributed by atoms with van der Waals surface area (Å²) in [5.41, 5.74) is 0.887. The standard InChI is InChI=1S/C16H17F3N4O3/c17-16(18,19)26-12-7-3-10(4-8-12)9-1-5-11(6-2-9)20-14-13(15(24)25)21-23-22-14/h3-4,7-9,11H,1-2,5-6H2,(H,24,25)(H2,20,21,22,23)/t9-,11-.